The van der Waals surface area contributed by atoms with E-state index < -0.39 is 40.0 Å². The number of hydrogen-bond donors (Lipinski definition) is 1. The maximum atomic E-state index is 12.3. The summed E-state index contributed by atoms with van der Waals surface area (Å²) in [6.45, 7) is 0. The van der Waals surface area contributed by atoms with E-state index in [1.165, 1.54) is 0 Å². The number of phenols is 1. The molecule has 2 nitrogen and oxygen atoms in total. The number of ketones is 1. The van der Waals surface area contributed by atoms with Crippen molar-refractivity contribution in [2.24, 2.45) is 0 Å². The van der Waals surface area contributed by atoms with Gasteiger partial charge in [-0.2, -0.15) is 26.3 Å². The van der Waals surface area contributed by atoms with E-state index in [0.717, 1.165) is 0 Å². The monoisotopic (exact) mass is 292 g/mol. The molecular formula is C9H3ClF6O2. The number of hydrogen-bond acceptors (Lipinski definition) is 2. The van der Waals surface area contributed by atoms with E-state index in [0.29, 0.717) is 0 Å². The summed E-state index contributed by atoms with van der Waals surface area (Å²) >= 11 is 5.15. The van der Waals surface area contributed by atoms with Crippen LogP contribution in [0.5, 0.6) is 5.75 Å². The van der Waals surface area contributed by atoms with Crippen LogP contribution < -0.4 is 0 Å². The fourth-order valence-corrected chi connectivity index (χ4v) is 1.31. The van der Waals surface area contributed by atoms with Gasteiger partial charge < -0.3 is 5.11 Å². The van der Waals surface area contributed by atoms with Gasteiger partial charge >= 0.3 is 12.4 Å². The molecule has 0 fully saturated rings. The third-order valence-corrected chi connectivity index (χ3v) is 2.18. The van der Waals surface area contributed by atoms with Gasteiger partial charge in [0, 0.05) is 0 Å². The molecule has 1 aromatic rings. The third-order valence-electron chi connectivity index (χ3n) is 1.89. The Kier molecular flexibility index (Phi) is 3.53. The van der Waals surface area contributed by atoms with Crippen molar-refractivity contribution >= 4 is 17.4 Å². The molecule has 0 aromatic heterocycles. The zero-order chi connectivity index (χ0) is 14.3. The molecule has 0 unspecified atom stereocenters. The minimum absolute atomic E-state index is 0.100. The number of benzene rings is 1. The predicted molar refractivity (Wildman–Crippen MR) is 48.5 cm³/mol. The van der Waals surface area contributed by atoms with Gasteiger partial charge in [-0.25, -0.2) is 0 Å². The second kappa shape index (κ2) is 4.34. The first-order chi connectivity index (χ1) is 7.94. The molecule has 0 bridgehead atoms. The van der Waals surface area contributed by atoms with Crippen LogP contribution in [-0.4, -0.2) is 17.1 Å². The van der Waals surface area contributed by atoms with Gasteiger partial charge in [-0.15, -0.1) is 0 Å². The molecule has 0 aliphatic heterocycles. The number of aromatic hydroxyl groups is 1. The first kappa shape index (κ1) is 14.6. The van der Waals surface area contributed by atoms with Crippen LogP contribution in [0.4, 0.5) is 26.3 Å². The molecule has 0 saturated heterocycles. The zero-order valence-electron chi connectivity index (χ0n) is 8.16. The molecule has 1 N–H and O–H groups in total. The normalized spacial score (nSPS) is 12.6. The molecule has 0 atom stereocenters. The Hall–Kier alpha value is -1.44. The number of alkyl halides is 6. The molecule has 1 rings (SSSR count). The highest BCUT2D eigenvalue weighted by Crippen LogP contribution is 2.38. The fraction of sp³-hybridized carbons (Fsp3) is 0.222. The summed E-state index contributed by atoms with van der Waals surface area (Å²) in [6, 6.07) is 0.126. The second-order valence-electron chi connectivity index (χ2n) is 3.18. The lowest BCUT2D eigenvalue weighted by molar-refractivity contribution is -0.137. The summed E-state index contributed by atoms with van der Waals surface area (Å²) in [5.41, 5.74) is -3.10. The van der Waals surface area contributed by atoms with E-state index in [4.69, 9.17) is 16.7 Å². The number of carbonyl (C=O) groups excluding carboxylic acids is 1. The van der Waals surface area contributed by atoms with Crippen LogP contribution in [0.2, 0.25) is 5.02 Å². The maximum absolute atomic E-state index is 12.3. The van der Waals surface area contributed by atoms with Gasteiger partial charge in [0.2, 0.25) is 0 Å². The number of Topliss-reactive ketones (excluding diaryl/α,β-unsaturated/α-hetero) is 1. The lowest BCUT2D eigenvalue weighted by Crippen LogP contribution is -2.23. The molecule has 100 valence electrons. The van der Waals surface area contributed by atoms with E-state index in [1.54, 1.807) is 0 Å². The van der Waals surface area contributed by atoms with Crippen LogP contribution in [0.15, 0.2) is 12.1 Å². The highest BCUT2D eigenvalue weighted by molar-refractivity contribution is 6.32. The van der Waals surface area contributed by atoms with Crippen LogP contribution in [0.3, 0.4) is 0 Å². The summed E-state index contributed by atoms with van der Waals surface area (Å²) < 4.78 is 73.2. The van der Waals surface area contributed by atoms with Gasteiger partial charge in [0.25, 0.3) is 5.78 Å². The standard InChI is InChI=1S/C9H3ClF6O2/c10-5-2-3(8(11,12)13)1-4(6(5)17)7(18)9(14,15)16/h1-2,17H. The Morgan fingerprint density at radius 2 is 1.61 bits per heavy atom. The lowest BCUT2D eigenvalue weighted by atomic mass is 10.1. The molecule has 9 heteroatoms. The maximum Gasteiger partial charge on any atom is 0.455 e. The van der Waals surface area contributed by atoms with Gasteiger partial charge in [-0.05, 0) is 12.1 Å². The van der Waals surface area contributed by atoms with Crippen molar-refractivity contribution in [1.29, 1.82) is 0 Å². The van der Waals surface area contributed by atoms with Crippen LogP contribution in [0, 0.1) is 0 Å². The average molecular weight is 293 g/mol. The summed E-state index contributed by atoms with van der Waals surface area (Å²) in [5, 5.41) is 8.11. The molecule has 0 amide bonds. The Labute approximate surface area is 101 Å². The van der Waals surface area contributed by atoms with Crippen molar-refractivity contribution in [1.82, 2.24) is 0 Å². The van der Waals surface area contributed by atoms with Crippen LogP contribution in [0.25, 0.3) is 0 Å². The Morgan fingerprint density at radius 1 is 1.11 bits per heavy atom. The van der Waals surface area contributed by atoms with Crippen molar-refractivity contribution in [2.75, 3.05) is 0 Å². The van der Waals surface area contributed by atoms with E-state index in [1.807, 2.05) is 0 Å². The number of rotatable bonds is 1. The molecule has 0 spiro atoms. The van der Waals surface area contributed by atoms with Crippen molar-refractivity contribution in [3.63, 3.8) is 0 Å². The van der Waals surface area contributed by atoms with E-state index in [9.17, 15) is 31.1 Å². The van der Waals surface area contributed by atoms with Crippen molar-refractivity contribution in [2.45, 2.75) is 12.4 Å². The van der Waals surface area contributed by atoms with Gasteiger partial charge in [-0.1, -0.05) is 11.6 Å². The van der Waals surface area contributed by atoms with Gasteiger partial charge in [-0.3, -0.25) is 4.79 Å². The molecule has 0 aliphatic rings. The molecule has 0 aliphatic carbocycles. The number of halogens is 7. The molecular weight excluding hydrogens is 290 g/mol. The number of phenolic OH excluding ortho intramolecular Hbond substituents is 1. The van der Waals surface area contributed by atoms with Gasteiger partial charge in [0.15, 0.2) is 0 Å². The van der Waals surface area contributed by atoms with Crippen LogP contribution in [0.1, 0.15) is 15.9 Å². The van der Waals surface area contributed by atoms with Gasteiger partial charge in [0.1, 0.15) is 5.75 Å². The molecule has 0 heterocycles. The van der Waals surface area contributed by atoms with Crippen molar-refractivity contribution in [3.8, 4) is 5.75 Å². The quantitative estimate of drug-likeness (QED) is 0.631. The minimum atomic E-state index is -5.41. The largest absolute Gasteiger partial charge is 0.506 e. The summed E-state index contributed by atoms with van der Waals surface area (Å²) in [7, 11) is 0. The van der Waals surface area contributed by atoms with Crippen molar-refractivity contribution in [3.05, 3.63) is 28.3 Å². The Bertz CT molecular complexity index is 491. The Morgan fingerprint density at radius 3 is 2.00 bits per heavy atom. The molecule has 18 heavy (non-hydrogen) atoms. The summed E-state index contributed by atoms with van der Waals surface area (Å²) in [6.07, 6.45) is -10.4. The summed E-state index contributed by atoms with van der Waals surface area (Å²) in [4.78, 5) is 10.8. The molecule has 1 aromatic carbocycles. The third kappa shape index (κ3) is 2.87. The first-order valence-corrected chi connectivity index (χ1v) is 4.53. The topological polar surface area (TPSA) is 37.3 Å². The number of carbonyl (C=O) groups is 1. The lowest BCUT2D eigenvalue weighted by Gasteiger charge is -2.12. The van der Waals surface area contributed by atoms with E-state index in [-0.39, 0.29) is 12.1 Å². The zero-order valence-corrected chi connectivity index (χ0v) is 8.91. The molecule has 0 saturated carbocycles. The second-order valence-corrected chi connectivity index (χ2v) is 3.59. The Balaban J connectivity index is 3.46. The highest BCUT2D eigenvalue weighted by Gasteiger charge is 2.42. The SMILES string of the molecule is O=C(c1cc(C(F)(F)F)cc(Cl)c1O)C(F)(F)F. The smallest absolute Gasteiger partial charge is 0.455 e. The highest BCUT2D eigenvalue weighted by atomic mass is 35.5. The van der Waals surface area contributed by atoms with E-state index >= 15 is 0 Å². The minimum Gasteiger partial charge on any atom is -0.506 e. The van der Waals surface area contributed by atoms with Gasteiger partial charge in [0.05, 0.1) is 16.1 Å². The van der Waals surface area contributed by atoms with E-state index in [2.05, 4.69) is 0 Å². The van der Waals surface area contributed by atoms with Crippen LogP contribution in [-0.2, 0) is 6.18 Å². The summed E-state index contributed by atoms with van der Waals surface area (Å²) in [5.74, 6) is -3.94. The van der Waals surface area contributed by atoms with Crippen LogP contribution >= 0.6 is 11.6 Å². The fourth-order valence-electron chi connectivity index (χ4n) is 1.09. The van der Waals surface area contributed by atoms with Crippen molar-refractivity contribution < 1.29 is 36.2 Å². The predicted octanol–water partition coefficient (Wildman–Crippen LogP) is 3.81. The molecule has 0 radical (unpaired) electrons. The first-order valence-electron chi connectivity index (χ1n) is 4.16. The average Bonchev–Trinajstić information content (AvgIpc) is 2.17.